The van der Waals surface area contributed by atoms with Crippen molar-refractivity contribution < 1.29 is 20.1 Å². The molecule has 21 heavy (non-hydrogen) atoms. The van der Waals surface area contributed by atoms with Gasteiger partial charge < -0.3 is 15.3 Å². The van der Waals surface area contributed by atoms with E-state index in [9.17, 15) is 20.1 Å². The van der Waals surface area contributed by atoms with Crippen LogP contribution in [0.2, 0.25) is 0 Å². The molecular weight excluding hydrogens is 268 g/mol. The number of hydrogen-bond acceptors (Lipinski definition) is 3. The normalized spacial score (nSPS) is 11.7. The Morgan fingerprint density at radius 2 is 1.29 bits per heavy atom. The highest BCUT2D eigenvalue weighted by Crippen LogP contribution is 2.15. The number of aromatic hydroxyl groups is 2. The zero-order chi connectivity index (χ0) is 15.2. The number of phenolic OH excluding ortho intramolecular Hbond substituents is 2. The van der Waals surface area contributed by atoms with Crippen LogP contribution < -0.4 is 0 Å². The lowest BCUT2D eigenvalue weighted by atomic mass is 10.1. The third-order valence-corrected chi connectivity index (χ3v) is 2.81. The van der Waals surface area contributed by atoms with Gasteiger partial charge in [-0.25, -0.2) is 4.79 Å². The Bertz CT molecular complexity index is 680. The fourth-order valence-electron chi connectivity index (χ4n) is 1.70. The van der Waals surface area contributed by atoms with Crippen LogP contribution in [-0.4, -0.2) is 21.3 Å². The summed E-state index contributed by atoms with van der Waals surface area (Å²) in [6.07, 6.45) is 4.65. The average molecular weight is 282 g/mol. The van der Waals surface area contributed by atoms with Crippen LogP contribution in [0, 0.1) is 0 Å². The Morgan fingerprint density at radius 1 is 0.810 bits per heavy atom. The Kier molecular flexibility index (Phi) is 4.41. The minimum absolute atomic E-state index is 0.119. The van der Waals surface area contributed by atoms with Crippen molar-refractivity contribution in [2.45, 2.75) is 0 Å². The van der Waals surface area contributed by atoms with Crippen molar-refractivity contribution in [3.05, 3.63) is 71.3 Å². The van der Waals surface area contributed by atoms with Gasteiger partial charge in [-0.2, -0.15) is 0 Å². The largest absolute Gasteiger partial charge is 0.508 e. The summed E-state index contributed by atoms with van der Waals surface area (Å²) in [6.45, 7) is 0. The van der Waals surface area contributed by atoms with E-state index < -0.39 is 5.97 Å². The van der Waals surface area contributed by atoms with Crippen molar-refractivity contribution in [3.63, 3.8) is 0 Å². The molecule has 0 unspecified atom stereocenters. The number of rotatable bonds is 4. The molecule has 0 aromatic heterocycles. The first-order valence-corrected chi connectivity index (χ1v) is 6.26. The highest BCUT2D eigenvalue weighted by molar-refractivity contribution is 5.96. The number of carbonyl (C=O) groups is 1. The van der Waals surface area contributed by atoms with E-state index in [0.29, 0.717) is 5.56 Å². The summed E-state index contributed by atoms with van der Waals surface area (Å²) in [5.74, 6) is -0.757. The molecule has 0 bridgehead atoms. The van der Waals surface area contributed by atoms with Crippen LogP contribution in [0.15, 0.2) is 60.2 Å². The predicted molar refractivity (Wildman–Crippen MR) is 80.9 cm³/mol. The van der Waals surface area contributed by atoms with E-state index in [1.807, 2.05) is 0 Å². The molecule has 0 heterocycles. The minimum atomic E-state index is -1.04. The van der Waals surface area contributed by atoms with Gasteiger partial charge in [0.2, 0.25) is 0 Å². The van der Waals surface area contributed by atoms with Gasteiger partial charge in [0.15, 0.2) is 0 Å². The Morgan fingerprint density at radius 3 is 1.76 bits per heavy atom. The molecule has 0 spiro atoms. The van der Waals surface area contributed by atoms with Crippen LogP contribution in [0.3, 0.4) is 0 Å². The lowest BCUT2D eigenvalue weighted by molar-refractivity contribution is -0.132. The third-order valence-electron chi connectivity index (χ3n) is 2.81. The molecule has 0 aliphatic rings. The summed E-state index contributed by atoms with van der Waals surface area (Å²) in [4.78, 5) is 11.2. The van der Waals surface area contributed by atoms with E-state index in [0.717, 1.165) is 5.56 Å². The molecule has 3 N–H and O–H groups in total. The third kappa shape index (κ3) is 4.24. The fraction of sp³-hybridized carbons (Fsp3) is 0. The van der Waals surface area contributed by atoms with Crippen LogP contribution in [0.4, 0.5) is 0 Å². The zero-order valence-corrected chi connectivity index (χ0v) is 11.1. The molecule has 0 amide bonds. The molecule has 0 fully saturated rings. The lowest BCUT2D eigenvalue weighted by Crippen LogP contribution is -1.97. The maximum absolute atomic E-state index is 11.2. The molecule has 0 radical (unpaired) electrons. The van der Waals surface area contributed by atoms with Gasteiger partial charge in [-0.05, 0) is 47.5 Å². The van der Waals surface area contributed by atoms with E-state index in [1.165, 1.54) is 36.4 Å². The summed E-state index contributed by atoms with van der Waals surface area (Å²) in [5, 5.41) is 27.6. The van der Waals surface area contributed by atoms with Crippen LogP contribution in [0.1, 0.15) is 11.1 Å². The highest BCUT2D eigenvalue weighted by atomic mass is 16.4. The number of phenols is 2. The Labute approximate surface area is 121 Å². The average Bonchev–Trinajstić information content (AvgIpc) is 2.47. The van der Waals surface area contributed by atoms with Crippen LogP contribution in [-0.2, 0) is 4.79 Å². The summed E-state index contributed by atoms with van der Waals surface area (Å²) in [7, 11) is 0. The van der Waals surface area contributed by atoms with Crippen molar-refractivity contribution in [2.24, 2.45) is 0 Å². The van der Waals surface area contributed by atoms with Gasteiger partial charge in [-0.3, -0.25) is 0 Å². The second-order valence-corrected chi connectivity index (χ2v) is 4.42. The van der Waals surface area contributed by atoms with E-state index in [1.54, 1.807) is 30.3 Å². The van der Waals surface area contributed by atoms with E-state index in [4.69, 9.17) is 0 Å². The van der Waals surface area contributed by atoms with Gasteiger partial charge >= 0.3 is 5.97 Å². The SMILES string of the molecule is O=C(O)C(/C=C/c1ccc(O)cc1)=C/c1ccc(O)cc1. The Hall–Kier alpha value is -3.01. The summed E-state index contributed by atoms with van der Waals surface area (Å²) in [5.41, 5.74) is 1.58. The van der Waals surface area contributed by atoms with Crippen molar-refractivity contribution >= 4 is 18.1 Å². The van der Waals surface area contributed by atoms with Crippen molar-refractivity contribution in [1.29, 1.82) is 0 Å². The van der Waals surface area contributed by atoms with Crippen molar-refractivity contribution in [3.8, 4) is 11.5 Å². The summed E-state index contributed by atoms with van der Waals surface area (Å²) in [6, 6.07) is 12.7. The number of benzene rings is 2. The van der Waals surface area contributed by atoms with Gasteiger partial charge in [-0.15, -0.1) is 0 Å². The molecule has 0 saturated carbocycles. The van der Waals surface area contributed by atoms with E-state index in [2.05, 4.69) is 0 Å². The van der Waals surface area contributed by atoms with Crippen LogP contribution >= 0.6 is 0 Å². The topological polar surface area (TPSA) is 77.8 Å². The van der Waals surface area contributed by atoms with E-state index >= 15 is 0 Å². The first-order valence-electron chi connectivity index (χ1n) is 6.26. The highest BCUT2D eigenvalue weighted by Gasteiger charge is 2.03. The van der Waals surface area contributed by atoms with Crippen LogP contribution in [0.25, 0.3) is 12.2 Å². The molecule has 2 aromatic carbocycles. The van der Waals surface area contributed by atoms with Gasteiger partial charge in [0, 0.05) is 0 Å². The van der Waals surface area contributed by atoms with Gasteiger partial charge in [0.05, 0.1) is 5.57 Å². The first kappa shape index (κ1) is 14.4. The molecule has 2 rings (SSSR count). The predicted octanol–water partition coefficient (Wildman–Crippen LogP) is 3.28. The molecule has 4 nitrogen and oxygen atoms in total. The monoisotopic (exact) mass is 282 g/mol. The van der Waals surface area contributed by atoms with Gasteiger partial charge in [-0.1, -0.05) is 30.3 Å². The van der Waals surface area contributed by atoms with E-state index in [-0.39, 0.29) is 17.1 Å². The quantitative estimate of drug-likeness (QED) is 0.594. The summed E-state index contributed by atoms with van der Waals surface area (Å²) < 4.78 is 0. The second kappa shape index (κ2) is 6.43. The smallest absolute Gasteiger partial charge is 0.335 e. The number of carboxylic acids is 1. The first-order chi connectivity index (χ1) is 10.0. The maximum Gasteiger partial charge on any atom is 0.335 e. The molecule has 0 atom stereocenters. The lowest BCUT2D eigenvalue weighted by Gasteiger charge is -1.98. The van der Waals surface area contributed by atoms with Gasteiger partial charge in [0.1, 0.15) is 11.5 Å². The van der Waals surface area contributed by atoms with Crippen LogP contribution in [0.5, 0.6) is 11.5 Å². The number of hydrogen-bond donors (Lipinski definition) is 3. The molecule has 0 aliphatic heterocycles. The van der Waals surface area contributed by atoms with Crippen molar-refractivity contribution in [2.75, 3.05) is 0 Å². The molecule has 0 aliphatic carbocycles. The number of aliphatic carboxylic acids is 1. The van der Waals surface area contributed by atoms with Crippen molar-refractivity contribution in [1.82, 2.24) is 0 Å². The molecular formula is C17H14O4. The molecule has 4 heteroatoms. The molecule has 106 valence electrons. The summed E-state index contributed by atoms with van der Waals surface area (Å²) >= 11 is 0. The minimum Gasteiger partial charge on any atom is -0.508 e. The zero-order valence-electron chi connectivity index (χ0n) is 11.1. The standard InChI is InChI=1S/C17H14O4/c18-15-7-2-12(3-8-15)1-6-14(17(20)21)11-13-4-9-16(19)10-5-13/h1-11,18-19H,(H,20,21)/b6-1+,14-11+. The molecule has 0 saturated heterocycles. The Balaban J connectivity index is 2.25. The second-order valence-electron chi connectivity index (χ2n) is 4.42. The molecule has 2 aromatic rings. The number of carboxylic acid groups (broad SMARTS) is 1. The maximum atomic E-state index is 11.2. The fourth-order valence-corrected chi connectivity index (χ4v) is 1.70. The van der Waals surface area contributed by atoms with Gasteiger partial charge in [0.25, 0.3) is 0 Å².